The van der Waals surface area contributed by atoms with Gasteiger partial charge in [-0.15, -0.1) is 11.3 Å². The Labute approximate surface area is 165 Å². The van der Waals surface area contributed by atoms with Crippen LogP contribution >= 0.6 is 27.3 Å². The molecule has 4 heterocycles. The van der Waals surface area contributed by atoms with Crippen molar-refractivity contribution in [3.63, 3.8) is 0 Å². The molecule has 4 aromatic heterocycles. The Morgan fingerprint density at radius 1 is 1.33 bits per heavy atom. The Morgan fingerprint density at radius 2 is 2.11 bits per heavy atom. The largest absolute Gasteiger partial charge is 0.336 e. The fourth-order valence-electron chi connectivity index (χ4n) is 3.14. The van der Waals surface area contributed by atoms with Crippen LogP contribution in [0.3, 0.4) is 0 Å². The van der Waals surface area contributed by atoms with Gasteiger partial charge >= 0.3 is 5.69 Å². The zero-order chi connectivity index (χ0) is 19.3. The molecule has 4 aromatic rings. The van der Waals surface area contributed by atoms with Gasteiger partial charge in [-0.2, -0.15) is 5.26 Å². The lowest BCUT2D eigenvalue weighted by Crippen LogP contribution is -2.38. The Hall–Kier alpha value is -2.77. The van der Waals surface area contributed by atoms with Crippen LogP contribution in [0, 0.1) is 18.3 Å². The topological polar surface area (TPSA) is 98.5 Å². The SMILES string of the molecule is Cc1nc2cncc(-n3c(=O)c4sc(Br)cc4n(CCC#N)c3=O)c2n1C. The summed E-state index contributed by atoms with van der Waals surface area (Å²) in [7, 11) is 1.83. The van der Waals surface area contributed by atoms with Crippen molar-refractivity contribution in [2.24, 2.45) is 7.05 Å². The smallest absolute Gasteiger partial charge is 0.330 e. The van der Waals surface area contributed by atoms with Crippen molar-refractivity contribution in [3.05, 3.63) is 48.9 Å². The summed E-state index contributed by atoms with van der Waals surface area (Å²) >= 11 is 4.64. The summed E-state index contributed by atoms with van der Waals surface area (Å²) in [5.74, 6) is 0.747. The minimum Gasteiger partial charge on any atom is -0.330 e. The van der Waals surface area contributed by atoms with Crippen LogP contribution in [-0.2, 0) is 13.6 Å². The van der Waals surface area contributed by atoms with Crippen LogP contribution in [-0.4, -0.2) is 23.7 Å². The molecule has 27 heavy (non-hydrogen) atoms. The lowest BCUT2D eigenvalue weighted by molar-refractivity contribution is 0.662. The van der Waals surface area contributed by atoms with Crippen LogP contribution in [0.2, 0.25) is 0 Å². The number of fused-ring (bicyclic) bond motifs is 2. The molecule has 0 saturated carbocycles. The van der Waals surface area contributed by atoms with Crippen LogP contribution < -0.4 is 11.2 Å². The molecular formula is C17H13BrN6O2S. The highest BCUT2D eigenvalue weighted by Crippen LogP contribution is 2.27. The van der Waals surface area contributed by atoms with Gasteiger partial charge in [0, 0.05) is 13.6 Å². The molecule has 0 spiro atoms. The molecule has 8 nitrogen and oxygen atoms in total. The van der Waals surface area contributed by atoms with Crippen LogP contribution in [0.1, 0.15) is 12.2 Å². The van der Waals surface area contributed by atoms with Gasteiger partial charge in [0.05, 0.1) is 45.4 Å². The highest BCUT2D eigenvalue weighted by Gasteiger charge is 2.20. The van der Waals surface area contributed by atoms with Crippen molar-refractivity contribution in [1.82, 2.24) is 23.7 Å². The van der Waals surface area contributed by atoms with Crippen molar-refractivity contribution in [2.45, 2.75) is 19.9 Å². The second kappa shape index (κ2) is 6.44. The van der Waals surface area contributed by atoms with E-state index in [-0.39, 0.29) is 13.0 Å². The third-order valence-corrected chi connectivity index (χ3v) is 6.08. The van der Waals surface area contributed by atoms with Crippen molar-refractivity contribution in [1.29, 1.82) is 5.26 Å². The standard InChI is InChI=1S/C17H13BrN6O2S/c1-9-21-10-7-20-8-12(14(10)22(9)2)24-16(25)15-11(6-13(18)27-15)23(17(24)26)5-3-4-19/h6-8H,3,5H2,1-2H3. The molecule has 0 saturated heterocycles. The molecule has 0 unspecified atom stereocenters. The van der Waals surface area contributed by atoms with Gasteiger partial charge in [-0.25, -0.2) is 14.3 Å². The summed E-state index contributed by atoms with van der Waals surface area (Å²) in [6, 6.07) is 3.78. The quantitative estimate of drug-likeness (QED) is 0.483. The Balaban J connectivity index is 2.17. The van der Waals surface area contributed by atoms with E-state index >= 15 is 0 Å². The van der Waals surface area contributed by atoms with Crippen molar-refractivity contribution in [3.8, 4) is 11.8 Å². The molecule has 0 aromatic carbocycles. The summed E-state index contributed by atoms with van der Waals surface area (Å²) in [5, 5.41) is 8.96. The van der Waals surface area contributed by atoms with Crippen molar-refractivity contribution in [2.75, 3.05) is 0 Å². The summed E-state index contributed by atoms with van der Waals surface area (Å²) in [5.41, 5.74) is 1.25. The monoisotopic (exact) mass is 444 g/mol. The molecule has 4 rings (SSSR count). The molecule has 0 radical (unpaired) electrons. The lowest BCUT2D eigenvalue weighted by atomic mass is 10.3. The summed E-state index contributed by atoms with van der Waals surface area (Å²) in [4.78, 5) is 35.0. The predicted molar refractivity (Wildman–Crippen MR) is 106 cm³/mol. The average Bonchev–Trinajstić information content (AvgIpc) is 3.16. The summed E-state index contributed by atoms with van der Waals surface area (Å²) in [6.07, 6.45) is 3.26. The molecule has 0 atom stereocenters. The van der Waals surface area contributed by atoms with Gasteiger partial charge in [0.15, 0.2) is 0 Å². The average molecular weight is 445 g/mol. The second-order valence-electron chi connectivity index (χ2n) is 5.99. The normalized spacial score (nSPS) is 11.3. The van der Waals surface area contributed by atoms with Gasteiger partial charge in [0.25, 0.3) is 5.56 Å². The van der Waals surface area contributed by atoms with E-state index in [4.69, 9.17) is 5.26 Å². The molecule has 0 fully saturated rings. The minimum atomic E-state index is -0.499. The molecule has 136 valence electrons. The highest BCUT2D eigenvalue weighted by molar-refractivity contribution is 9.11. The molecule has 0 amide bonds. The molecule has 0 aliphatic rings. The van der Waals surface area contributed by atoms with Crippen LogP contribution in [0.5, 0.6) is 0 Å². The number of hydrogen-bond acceptors (Lipinski definition) is 6. The van der Waals surface area contributed by atoms with E-state index in [9.17, 15) is 9.59 Å². The Kier molecular flexibility index (Phi) is 4.20. The maximum Gasteiger partial charge on any atom is 0.336 e. The van der Waals surface area contributed by atoms with Gasteiger partial charge < -0.3 is 4.57 Å². The number of hydrogen-bond donors (Lipinski definition) is 0. The maximum absolute atomic E-state index is 13.2. The Bertz CT molecular complexity index is 1370. The lowest BCUT2D eigenvalue weighted by Gasteiger charge is -2.12. The first-order valence-corrected chi connectivity index (χ1v) is 9.64. The maximum atomic E-state index is 13.2. The number of pyridine rings is 1. The predicted octanol–water partition coefficient (Wildman–Crippen LogP) is 2.48. The fraction of sp³-hybridized carbons (Fsp3) is 0.235. The third kappa shape index (κ3) is 2.62. The van der Waals surface area contributed by atoms with E-state index in [1.807, 2.05) is 24.6 Å². The van der Waals surface area contributed by atoms with Crippen molar-refractivity contribution < 1.29 is 0 Å². The van der Waals surface area contributed by atoms with E-state index in [0.29, 0.717) is 26.9 Å². The van der Waals surface area contributed by atoms with Gasteiger partial charge in [-0.05, 0) is 28.9 Å². The second-order valence-corrected chi connectivity index (χ2v) is 8.42. The van der Waals surface area contributed by atoms with Gasteiger partial charge in [0.1, 0.15) is 16.0 Å². The number of rotatable bonds is 3. The number of nitrogens with zero attached hydrogens (tertiary/aromatic N) is 6. The van der Waals surface area contributed by atoms with Crippen molar-refractivity contribution >= 4 is 48.5 Å². The summed E-state index contributed by atoms with van der Waals surface area (Å²) < 4.78 is 5.59. The molecule has 10 heteroatoms. The molecular weight excluding hydrogens is 432 g/mol. The Morgan fingerprint density at radius 3 is 2.85 bits per heavy atom. The number of thiophene rings is 1. The molecule has 0 bridgehead atoms. The molecule has 0 aliphatic carbocycles. The molecule has 0 aliphatic heterocycles. The van der Waals surface area contributed by atoms with E-state index < -0.39 is 11.2 Å². The van der Waals surface area contributed by atoms with E-state index in [2.05, 4.69) is 25.9 Å². The van der Waals surface area contributed by atoms with Gasteiger partial charge in [-0.3, -0.25) is 14.3 Å². The van der Waals surface area contributed by atoms with Gasteiger partial charge in [0.2, 0.25) is 0 Å². The van der Waals surface area contributed by atoms with Crippen LogP contribution in [0.4, 0.5) is 0 Å². The van der Waals surface area contributed by atoms with E-state index in [1.165, 1.54) is 22.1 Å². The first-order chi connectivity index (χ1) is 12.9. The minimum absolute atomic E-state index is 0.161. The zero-order valence-corrected chi connectivity index (χ0v) is 16.8. The van der Waals surface area contributed by atoms with E-state index in [0.717, 1.165) is 14.2 Å². The molecule has 0 N–H and O–H groups in total. The van der Waals surface area contributed by atoms with Gasteiger partial charge in [-0.1, -0.05) is 0 Å². The third-order valence-electron chi connectivity index (χ3n) is 4.46. The summed E-state index contributed by atoms with van der Waals surface area (Å²) in [6.45, 7) is 2.04. The fourth-order valence-corrected chi connectivity index (χ4v) is 4.66. The number of aromatic nitrogens is 5. The number of aryl methyl sites for hydroxylation is 3. The number of nitriles is 1. The first kappa shape index (κ1) is 17.6. The van der Waals surface area contributed by atoms with Crippen LogP contribution in [0.25, 0.3) is 26.9 Å². The first-order valence-electron chi connectivity index (χ1n) is 8.03. The number of halogens is 1. The number of imidazole rings is 1. The van der Waals surface area contributed by atoms with E-state index in [1.54, 1.807) is 12.3 Å². The zero-order valence-electron chi connectivity index (χ0n) is 14.4. The highest BCUT2D eigenvalue weighted by atomic mass is 79.9. The van der Waals surface area contributed by atoms with Crippen LogP contribution in [0.15, 0.2) is 31.8 Å².